The number of pyridine rings is 1. The summed E-state index contributed by atoms with van der Waals surface area (Å²) in [7, 11) is 0. The molecule has 4 nitrogen and oxygen atoms in total. The Kier molecular flexibility index (Phi) is 4.29. The third-order valence-electron chi connectivity index (χ3n) is 3.71. The van der Waals surface area contributed by atoms with E-state index in [9.17, 15) is 4.39 Å². The van der Waals surface area contributed by atoms with Crippen LogP contribution in [-0.2, 0) is 6.54 Å². The molecule has 0 saturated carbocycles. The summed E-state index contributed by atoms with van der Waals surface area (Å²) in [6.07, 6.45) is 7.20. The second kappa shape index (κ2) is 6.74. The Labute approximate surface area is 152 Å². The van der Waals surface area contributed by atoms with Crippen molar-refractivity contribution in [2.45, 2.75) is 6.54 Å². The van der Waals surface area contributed by atoms with Crippen molar-refractivity contribution in [1.29, 1.82) is 0 Å². The van der Waals surface area contributed by atoms with E-state index in [0.717, 1.165) is 27.3 Å². The van der Waals surface area contributed by atoms with E-state index < -0.39 is 0 Å². The lowest BCUT2D eigenvalue weighted by Crippen LogP contribution is -1.98. The second-order valence-electron chi connectivity index (χ2n) is 5.41. The first-order valence-corrected chi connectivity index (χ1v) is 8.72. The van der Waals surface area contributed by atoms with Gasteiger partial charge in [0.25, 0.3) is 0 Å². The molecule has 4 rings (SSSR count). The van der Waals surface area contributed by atoms with Crippen molar-refractivity contribution in [3.8, 4) is 22.4 Å². The third kappa shape index (κ3) is 3.45. The molecule has 0 aliphatic rings. The summed E-state index contributed by atoms with van der Waals surface area (Å²) in [6.45, 7) is 0.573. The van der Waals surface area contributed by atoms with E-state index in [-0.39, 0.29) is 5.82 Å². The topological polar surface area (TPSA) is 43.6 Å². The summed E-state index contributed by atoms with van der Waals surface area (Å²) in [5, 5.41) is 4.70. The predicted molar refractivity (Wildman–Crippen MR) is 97.1 cm³/mol. The number of hydrogen-bond donors (Lipinski definition) is 0. The van der Waals surface area contributed by atoms with E-state index in [4.69, 9.17) is 16.7 Å². The molecule has 4 aromatic rings. The van der Waals surface area contributed by atoms with E-state index in [2.05, 4.69) is 9.97 Å². The van der Waals surface area contributed by atoms with Gasteiger partial charge in [-0.25, -0.2) is 9.37 Å². The Morgan fingerprint density at radius 2 is 1.80 bits per heavy atom. The van der Waals surface area contributed by atoms with Crippen molar-refractivity contribution in [3.05, 3.63) is 76.3 Å². The monoisotopic (exact) mass is 370 g/mol. The van der Waals surface area contributed by atoms with Gasteiger partial charge in [-0.15, -0.1) is 11.3 Å². The number of thiazole rings is 1. The summed E-state index contributed by atoms with van der Waals surface area (Å²) in [5.74, 6) is -0.270. The van der Waals surface area contributed by atoms with Crippen LogP contribution in [0.4, 0.5) is 4.39 Å². The molecule has 0 unspecified atom stereocenters. The molecular weight excluding hydrogens is 359 g/mol. The van der Waals surface area contributed by atoms with Gasteiger partial charge in [-0.2, -0.15) is 5.10 Å². The molecule has 0 N–H and O–H groups in total. The first kappa shape index (κ1) is 15.9. The molecule has 25 heavy (non-hydrogen) atoms. The fraction of sp³-hybridized carbons (Fsp3) is 0.0556. The van der Waals surface area contributed by atoms with E-state index in [1.165, 1.54) is 23.5 Å². The number of benzene rings is 1. The van der Waals surface area contributed by atoms with Gasteiger partial charge in [0.2, 0.25) is 0 Å². The van der Waals surface area contributed by atoms with Crippen molar-refractivity contribution in [3.63, 3.8) is 0 Å². The van der Waals surface area contributed by atoms with Gasteiger partial charge < -0.3 is 0 Å². The van der Waals surface area contributed by atoms with Gasteiger partial charge >= 0.3 is 0 Å². The first-order valence-electron chi connectivity index (χ1n) is 7.53. The van der Waals surface area contributed by atoms with Crippen LogP contribution in [0.2, 0.25) is 4.47 Å². The van der Waals surface area contributed by atoms with Gasteiger partial charge in [0.15, 0.2) is 4.47 Å². The Balaban J connectivity index is 1.79. The van der Waals surface area contributed by atoms with Crippen LogP contribution >= 0.6 is 22.9 Å². The largest absolute Gasteiger partial charge is 0.266 e. The molecule has 1 aromatic carbocycles. The maximum absolute atomic E-state index is 13.3. The van der Waals surface area contributed by atoms with Crippen LogP contribution in [0, 0.1) is 5.82 Å². The van der Waals surface area contributed by atoms with Gasteiger partial charge in [0.1, 0.15) is 11.5 Å². The molecule has 0 spiro atoms. The maximum atomic E-state index is 13.3. The lowest BCUT2D eigenvalue weighted by atomic mass is 10.0. The zero-order valence-corrected chi connectivity index (χ0v) is 14.5. The van der Waals surface area contributed by atoms with Crippen LogP contribution in [0.3, 0.4) is 0 Å². The van der Waals surface area contributed by atoms with E-state index >= 15 is 0 Å². The Morgan fingerprint density at radius 1 is 1.04 bits per heavy atom. The number of halogens is 2. The minimum atomic E-state index is -0.270. The quantitative estimate of drug-likeness (QED) is 0.512. The highest BCUT2D eigenvalue weighted by atomic mass is 35.5. The maximum Gasteiger partial charge on any atom is 0.183 e. The van der Waals surface area contributed by atoms with Crippen molar-refractivity contribution in [2.24, 2.45) is 0 Å². The van der Waals surface area contributed by atoms with Crippen molar-refractivity contribution in [2.75, 3.05) is 0 Å². The standard InChI is InChI=1S/C18H12ClFN4S/c19-18-22-9-15(25-18)10-24-11-16(12-5-7-21-8-6-12)17(23-24)13-1-3-14(20)4-2-13/h1-9,11H,10H2. The average Bonchev–Trinajstić information content (AvgIpc) is 3.23. The van der Waals surface area contributed by atoms with Crippen molar-refractivity contribution in [1.82, 2.24) is 19.7 Å². The van der Waals surface area contributed by atoms with Crippen LogP contribution < -0.4 is 0 Å². The summed E-state index contributed by atoms with van der Waals surface area (Å²) in [6, 6.07) is 10.2. The lowest BCUT2D eigenvalue weighted by Gasteiger charge is -2.02. The van der Waals surface area contributed by atoms with Crippen LogP contribution in [-0.4, -0.2) is 19.7 Å². The summed E-state index contributed by atoms with van der Waals surface area (Å²) in [4.78, 5) is 9.14. The van der Waals surface area contributed by atoms with Crippen molar-refractivity contribution >= 4 is 22.9 Å². The van der Waals surface area contributed by atoms with E-state index in [0.29, 0.717) is 11.0 Å². The summed E-state index contributed by atoms with van der Waals surface area (Å²) >= 11 is 7.33. The molecule has 124 valence electrons. The summed E-state index contributed by atoms with van der Waals surface area (Å²) < 4.78 is 15.6. The van der Waals surface area contributed by atoms with E-state index in [1.54, 1.807) is 30.7 Å². The molecule has 0 bridgehead atoms. The zero-order valence-electron chi connectivity index (χ0n) is 12.9. The van der Waals surface area contributed by atoms with Crippen LogP contribution in [0.15, 0.2) is 61.2 Å². The SMILES string of the molecule is Fc1ccc(-c2nn(Cc3cnc(Cl)s3)cc2-c2ccncc2)cc1. The molecule has 0 aliphatic carbocycles. The molecule has 3 aromatic heterocycles. The highest BCUT2D eigenvalue weighted by Gasteiger charge is 2.14. The van der Waals surface area contributed by atoms with Gasteiger partial charge in [0.05, 0.1) is 6.54 Å². The fourth-order valence-corrected chi connectivity index (χ4v) is 3.55. The highest BCUT2D eigenvalue weighted by molar-refractivity contribution is 7.15. The molecule has 0 aliphatic heterocycles. The third-order valence-corrected chi connectivity index (χ3v) is 4.81. The molecule has 3 heterocycles. The predicted octanol–water partition coefficient (Wildman–Crippen LogP) is 4.91. The average molecular weight is 371 g/mol. The highest BCUT2D eigenvalue weighted by Crippen LogP contribution is 2.31. The number of aromatic nitrogens is 4. The molecule has 0 radical (unpaired) electrons. The zero-order chi connectivity index (χ0) is 17.2. The lowest BCUT2D eigenvalue weighted by molar-refractivity contribution is 0.628. The van der Waals surface area contributed by atoms with Gasteiger partial charge in [-0.3, -0.25) is 9.67 Å². The van der Waals surface area contributed by atoms with E-state index in [1.807, 2.05) is 23.0 Å². The minimum Gasteiger partial charge on any atom is -0.266 e. The Bertz CT molecular complexity index is 996. The van der Waals surface area contributed by atoms with Crippen LogP contribution in [0.25, 0.3) is 22.4 Å². The smallest absolute Gasteiger partial charge is 0.183 e. The number of nitrogens with zero attached hydrogens (tertiary/aromatic N) is 4. The first-order chi connectivity index (χ1) is 12.2. The number of rotatable bonds is 4. The van der Waals surface area contributed by atoms with Crippen LogP contribution in [0.5, 0.6) is 0 Å². The van der Waals surface area contributed by atoms with Gasteiger partial charge in [0, 0.05) is 40.8 Å². The molecule has 0 fully saturated rings. The Morgan fingerprint density at radius 3 is 2.48 bits per heavy atom. The number of hydrogen-bond acceptors (Lipinski definition) is 4. The van der Waals surface area contributed by atoms with Gasteiger partial charge in [-0.05, 0) is 42.0 Å². The molecule has 0 saturated heterocycles. The molecule has 0 amide bonds. The second-order valence-corrected chi connectivity index (χ2v) is 7.11. The fourth-order valence-electron chi connectivity index (χ4n) is 2.58. The molecular formula is C18H12ClFN4S. The normalized spacial score (nSPS) is 11.0. The molecule has 0 atom stereocenters. The minimum absolute atomic E-state index is 0.270. The van der Waals surface area contributed by atoms with Gasteiger partial charge in [-0.1, -0.05) is 11.6 Å². The summed E-state index contributed by atoms with van der Waals surface area (Å²) in [5.41, 5.74) is 3.61. The Hall–Kier alpha value is -2.57. The molecule has 7 heteroatoms. The van der Waals surface area contributed by atoms with Crippen molar-refractivity contribution < 1.29 is 4.39 Å². The van der Waals surface area contributed by atoms with Crippen LogP contribution in [0.1, 0.15) is 4.88 Å².